The molecule has 0 bridgehead atoms. The topological polar surface area (TPSA) is 42.7 Å². The van der Waals surface area contributed by atoms with Crippen LogP contribution in [0.5, 0.6) is 0 Å². The van der Waals surface area contributed by atoms with Crippen LogP contribution in [-0.2, 0) is 6.18 Å². The van der Waals surface area contributed by atoms with Gasteiger partial charge in [0.2, 0.25) is 3.79 Å². The number of hydrogen-bond donors (Lipinski definition) is 1. The van der Waals surface area contributed by atoms with Crippen molar-refractivity contribution in [2.75, 3.05) is 5.32 Å². The average Bonchev–Trinajstić information content (AvgIpc) is 3.05. The SMILES string of the molecule is FC(F)(F)c1cccc(-c2nc3n(n2)C(C(Cl)(Cl)Cl)Nc2ccccc2-3)c1. The van der Waals surface area contributed by atoms with Crippen LogP contribution in [0.1, 0.15) is 11.7 Å². The molecule has 0 amide bonds. The summed E-state index contributed by atoms with van der Waals surface area (Å²) in [6.07, 6.45) is -5.34. The number of hydrogen-bond acceptors (Lipinski definition) is 3. The number of aromatic nitrogens is 3. The Morgan fingerprint density at radius 2 is 1.74 bits per heavy atom. The predicted octanol–water partition coefficient (Wildman–Crippen LogP) is 5.93. The van der Waals surface area contributed by atoms with Crippen LogP contribution in [-0.4, -0.2) is 18.6 Å². The molecule has 1 atom stereocenters. The average molecular weight is 434 g/mol. The van der Waals surface area contributed by atoms with Crippen LogP contribution < -0.4 is 5.32 Å². The number of anilines is 1. The molecule has 1 aromatic heterocycles. The smallest absolute Gasteiger partial charge is 0.360 e. The van der Waals surface area contributed by atoms with Gasteiger partial charge in [0.15, 0.2) is 17.8 Å². The monoisotopic (exact) mass is 432 g/mol. The molecule has 3 aromatic rings. The molecule has 1 N–H and O–H groups in total. The van der Waals surface area contributed by atoms with E-state index in [9.17, 15) is 13.2 Å². The lowest BCUT2D eigenvalue weighted by molar-refractivity contribution is -0.137. The fourth-order valence-electron chi connectivity index (χ4n) is 2.88. The van der Waals surface area contributed by atoms with Gasteiger partial charge in [0.1, 0.15) is 0 Å². The molecule has 10 heteroatoms. The Labute approximate surface area is 166 Å². The third kappa shape index (κ3) is 3.35. The number of nitrogens with one attached hydrogen (secondary N) is 1. The fourth-order valence-corrected chi connectivity index (χ4v) is 3.32. The predicted molar refractivity (Wildman–Crippen MR) is 98.8 cm³/mol. The van der Waals surface area contributed by atoms with E-state index in [1.165, 1.54) is 16.8 Å². The van der Waals surface area contributed by atoms with E-state index in [-0.39, 0.29) is 11.4 Å². The minimum Gasteiger partial charge on any atom is -0.360 e. The van der Waals surface area contributed by atoms with Gasteiger partial charge in [-0.3, -0.25) is 0 Å². The lowest BCUT2D eigenvalue weighted by Crippen LogP contribution is -2.34. The van der Waals surface area contributed by atoms with Gasteiger partial charge in [-0.1, -0.05) is 59.1 Å². The van der Waals surface area contributed by atoms with Crippen LogP contribution in [0.4, 0.5) is 18.9 Å². The molecule has 0 radical (unpaired) electrons. The highest BCUT2D eigenvalue weighted by Gasteiger charge is 2.40. The molecule has 2 aromatic carbocycles. The van der Waals surface area contributed by atoms with Gasteiger partial charge in [-0.15, -0.1) is 5.10 Å². The van der Waals surface area contributed by atoms with Gasteiger partial charge in [-0.25, -0.2) is 9.67 Å². The van der Waals surface area contributed by atoms with Crippen LogP contribution in [0.15, 0.2) is 48.5 Å². The van der Waals surface area contributed by atoms with Gasteiger partial charge < -0.3 is 5.32 Å². The normalized spacial score (nSPS) is 16.4. The number of benzene rings is 2. The summed E-state index contributed by atoms with van der Waals surface area (Å²) in [5.74, 6) is 0.502. The van der Waals surface area contributed by atoms with Gasteiger partial charge in [0, 0.05) is 16.8 Å². The molecule has 0 aliphatic carbocycles. The van der Waals surface area contributed by atoms with E-state index in [1.54, 1.807) is 24.3 Å². The van der Waals surface area contributed by atoms with Crippen molar-refractivity contribution in [2.24, 2.45) is 0 Å². The van der Waals surface area contributed by atoms with E-state index in [1.807, 2.05) is 0 Å². The number of halogens is 6. The maximum Gasteiger partial charge on any atom is 0.416 e. The third-order valence-corrected chi connectivity index (χ3v) is 4.71. The summed E-state index contributed by atoms with van der Waals surface area (Å²) in [5.41, 5.74) is 0.814. The van der Waals surface area contributed by atoms with Crippen molar-refractivity contribution in [3.63, 3.8) is 0 Å². The Kier molecular flexibility index (Phi) is 4.29. The van der Waals surface area contributed by atoms with Crippen molar-refractivity contribution in [1.82, 2.24) is 14.8 Å². The first-order chi connectivity index (χ1) is 12.6. The zero-order valence-corrected chi connectivity index (χ0v) is 15.6. The molecule has 0 saturated carbocycles. The van der Waals surface area contributed by atoms with Crippen LogP contribution in [0, 0.1) is 0 Å². The van der Waals surface area contributed by atoms with E-state index in [0.717, 1.165) is 12.1 Å². The lowest BCUT2D eigenvalue weighted by atomic mass is 10.1. The number of rotatable bonds is 1. The van der Waals surface area contributed by atoms with Crippen LogP contribution >= 0.6 is 34.8 Å². The highest BCUT2D eigenvalue weighted by molar-refractivity contribution is 6.68. The number of nitrogens with zero attached hydrogens (tertiary/aromatic N) is 3. The first-order valence-corrected chi connectivity index (χ1v) is 8.85. The molecule has 0 spiro atoms. The first-order valence-electron chi connectivity index (χ1n) is 7.71. The Morgan fingerprint density at radius 1 is 1.00 bits per heavy atom. The van der Waals surface area contributed by atoms with Gasteiger partial charge >= 0.3 is 6.18 Å². The van der Waals surface area contributed by atoms with E-state index in [2.05, 4.69) is 15.4 Å². The van der Waals surface area contributed by atoms with Crippen LogP contribution in [0.3, 0.4) is 0 Å². The van der Waals surface area contributed by atoms with Crippen molar-refractivity contribution in [3.8, 4) is 22.8 Å². The molecule has 4 rings (SSSR count). The van der Waals surface area contributed by atoms with E-state index in [4.69, 9.17) is 34.8 Å². The first kappa shape index (κ1) is 18.4. The van der Waals surface area contributed by atoms with E-state index >= 15 is 0 Å². The Balaban J connectivity index is 1.88. The maximum absolute atomic E-state index is 13.0. The summed E-state index contributed by atoms with van der Waals surface area (Å²) in [7, 11) is 0. The second kappa shape index (κ2) is 6.29. The van der Waals surface area contributed by atoms with Gasteiger partial charge in [-0.2, -0.15) is 13.2 Å². The summed E-state index contributed by atoms with van der Waals surface area (Å²) in [5, 5.41) is 7.39. The Hall–Kier alpha value is -1.96. The van der Waals surface area contributed by atoms with Crippen LogP contribution in [0.25, 0.3) is 22.8 Å². The van der Waals surface area contributed by atoms with Crippen molar-refractivity contribution in [1.29, 1.82) is 0 Å². The largest absolute Gasteiger partial charge is 0.416 e. The minimum atomic E-state index is -4.47. The number of alkyl halides is 6. The molecule has 4 nitrogen and oxygen atoms in total. The molecule has 27 heavy (non-hydrogen) atoms. The molecule has 0 fully saturated rings. The lowest BCUT2D eigenvalue weighted by Gasteiger charge is -2.32. The molecular weight excluding hydrogens is 424 g/mol. The number of fused-ring (bicyclic) bond motifs is 3. The molecule has 1 aliphatic heterocycles. The van der Waals surface area contributed by atoms with E-state index in [0.29, 0.717) is 17.1 Å². The molecule has 1 unspecified atom stereocenters. The summed E-state index contributed by atoms with van der Waals surface area (Å²) in [6.45, 7) is 0. The second-order valence-corrected chi connectivity index (χ2v) is 8.29. The third-order valence-electron chi connectivity index (χ3n) is 4.09. The maximum atomic E-state index is 13.0. The molecule has 0 saturated heterocycles. The summed E-state index contributed by atoms with van der Waals surface area (Å²) in [4.78, 5) is 4.42. The summed E-state index contributed by atoms with van der Waals surface area (Å²) < 4.78 is 38.7. The summed E-state index contributed by atoms with van der Waals surface area (Å²) >= 11 is 18.2. The van der Waals surface area contributed by atoms with Gasteiger partial charge in [0.05, 0.1) is 5.56 Å². The number of para-hydroxylation sites is 1. The van der Waals surface area contributed by atoms with Crippen molar-refractivity contribution >= 4 is 40.5 Å². The van der Waals surface area contributed by atoms with Crippen molar-refractivity contribution in [2.45, 2.75) is 16.1 Å². The molecule has 1 aliphatic rings. The van der Waals surface area contributed by atoms with Gasteiger partial charge in [0.25, 0.3) is 0 Å². The Bertz CT molecular complexity index is 1010. The minimum absolute atomic E-state index is 0.105. The zero-order valence-electron chi connectivity index (χ0n) is 13.3. The molecule has 2 heterocycles. The highest BCUT2D eigenvalue weighted by Crippen LogP contribution is 2.45. The van der Waals surface area contributed by atoms with Crippen LogP contribution in [0.2, 0.25) is 0 Å². The quantitative estimate of drug-likeness (QED) is 0.484. The Morgan fingerprint density at radius 3 is 2.44 bits per heavy atom. The van der Waals surface area contributed by atoms with Gasteiger partial charge in [-0.05, 0) is 24.3 Å². The van der Waals surface area contributed by atoms with E-state index < -0.39 is 21.7 Å². The summed E-state index contributed by atoms with van der Waals surface area (Å²) in [6, 6.07) is 12.0. The highest BCUT2D eigenvalue weighted by atomic mass is 35.6. The fraction of sp³-hybridized carbons (Fsp3) is 0.176. The van der Waals surface area contributed by atoms with Crippen molar-refractivity contribution < 1.29 is 13.2 Å². The zero-order chi connectivity index (χ0) is 19.4. The molecular formula is C17H10Cl3F3N4. The molecule has 140 valence electrons. The van der Waals surface area contributed by atoms with Crippen molar-refractivity contribution in [3.05, 3.63) is 54.1 Å². The second-order valence-electron chi connectivity index (χ2n) is 5.92. The standard InChI is InChI=1S/C17H10Cl3F3N4/c18-16(19,20)15-24-12-7-2-1-6-11(12)14-25-13(26-27(14)15)9-4-3-5-10(8-9)17(21,22)23/h1-8,15,24H.